The van der Waals surface area contributed by atoms with Gasteiger partial charge < -0.3 is 5.32 Å². The van der Waals surface area contributed by atoms with Crippen LogP contribution in [0, 0.1) is 12.7 Å². The molecule has 0 aromatic heterocycles. The normalized spacial score (nSPS) is 11.6. The number of rotatable bonds is 7. The molecule has 1 amide bonds. The molecule has 27 heavy (non-hydrogen) atoms. The van der Waals surface area contributed by atoms with Crippen LogP contribution < -0.4 is 5.32 Å². The monoisotopic (exact) mass is 412 g/mol. The van der Waals surface area contributed by atoms with Gasteiger partial charge in [0.25, 0.3) is 0 Å². The van der Waals surface area contributed by atoms with Gasteiger partial charge in [-0.05, 0) is 36.8 Å². The van der Waals surface area contributed by atoms with Crippen LogP contribution in [0.25, 0.3) is 0 Å². The van der Waals surface area contributed by atoms with E-state index < -0.39 is 21.7 Å². The second-order valence-electron chi connectivity index (χ2n) is 5.99. The van der Waals surface area contributed by atoms with Gasteiger partial charge in [-0.15, -0.1) is 0 Å². The average Bonchev–Trinajstić information content (AvgIpc) is 2.61. The van der Waals surface area contributed by atoms with Crippen molar-refractivity contribution in [1.82, 2.24) is 4.31 Å². The molecule has 0 saturated heterocycles. The number of anilines is 1. The predicted octanol–water partition coefficient (Wildman–Crippen LogP) is 4.00. The zero-order valence-corrected chi connectivity index (χ0v) is 17.0. The van der Waals surface area contributed by atoms with Crippen molar-refractivity contribution in [2.24, 2.45) is 0 Å². The molecule has 0 atom stereocenters. The van der Waals surface area contributed by atoms with Crippen molar-refractivity contribution in [2.75, 3.05) is 18.4 Å². The van der Waals surface area contributed by atoms with Gasteiger partial charge in [-0.1, -0.05) is 37.6 Å². The summed E-state index contributed by atoms with van der Waals surface area (Å²) in [5, 5.41) is 2.82. The lowest BCUT2D eigenvalue weighted by Gasteiger charge is -2.19. The summed E-state index contributed by atoms with van der Waals surface area (Å²) in [6.45, 7) is 5.96. The van der Waals surface area contributed by atoms with Crippen LogP contribution in [0.3, 0.4) is 0 Å². The number of halogens is 2. The summed E-state index contributed by atoms with van der Waals surface area (Å²) in [5.41, 5.74) is 1.16. The molecular weight excluding hydrogens is 391 g/mol. The first-order chi connectivity index (χ1) is 12.7. The van der Waals surface area contributed by atoms with Crippen molar-refractivity contribution in [1.29, 1.82) is 0 Å². The third kappa shape index (κ3) is 4.86. The van der Waals surface area contributed by atoms with Crippen molar-refractivity contribution in [3.05, 3.63) is 58.4 Å². The molecule has 2 aromatic carbocycles. The maximum atomic E-state index is 13.9. The van der Waals surface area contributed by atoms with E-state index >= 15 is 0 Å². The van der Waals surface area contributed by atoms with E-state index in [-0.39, 0.29) is 21.9 Å². The number of nitrogens with one attached hydrogen (secondary N) is 1. The van der Waals surface area contributed by atoms with E-state index in [9.17, 15) is 17.6 Å². The fourth-order valence-electron chi connectivity index (χ4n) is 2.67. The van der Waals surface area contributed by atoms with E-state index in [2.05, 4.69) is 5.32 Å². The molecule has 0 aliphatic rings. The lowest BCUT2D eigenvalue weighted by Crippen LogP contribution is -2.30. The molecule has 0 aliphatic carbocycles. The molecule has 0 saturated carbocycles. The number of benzene rings is 2. The Labute approximate surface area is 164 Å². The summed E-state index contributed by atoms with van der Waals surface area (Å²) in [7, 11) is -3.65. The molecule has 0 heterocycles. The molecular formula is C19H22ClFN2O3S. The minimum Gasteiger partial charge on any atom is -0.326 e. The number of carbonyl (C=O) groups is 1. The second kappa shape index (κ2) is 8.82. The lowest BCUT2D eigenvalue weighted by atomic mass is 10.1. The van der Waals surface area contributed by atoms with Crippen LogP contribution in [-0.2, 0) is 21.2 Å². The fraction of sp³-hybridized carbons (Fsp3) is 0.316. The Morgan fingerprint density at radius 3 is 2.44 bits per heavy atom. The highest BCUT2D eigenvalue weighted by atomic mass is 35.5. The molecule has 0 fully saturated rings. The second-order valence-corrected chi connectivity index (χ2v) is 8.34. The summed E-state index contributed by atoms with van der Waals surface area (Å²) in [6.07, 6.45) is -0.252. The SMILES string of the molecule is CCN(CC)S(=O)(=O)c1ccc(C)c(NC(=O)Cc2c(F)cccc2Cl)c1. The number of nitrogens with zero attached hydrogens (tertiary/aromatic N) is 1. The van der Waals surface area contributed by atoms with E-state index in [4.69, 9.17) is 11.6 Å². The predicted molar refractivity (Wildman–Crippen MR) is 105 cm³/mol. The molecule has 146 valence electrons. The van der Waals surface area contributed by atoms with Gasteiger partial charge >= 0.3 is 0 Å². The van der Waals surface area contributed by atoms with Crippen LogP contribution in [0.2, 0.25) is 5.02 Å². The lowest BCUT2D eigenvalue weighted by molar-refractivity contribution is -0.115. The van der Waals surface area contributed by atoms with Gasteiger partial charge in [0, 0.05) is 29.4 Å². The molecule has 0 radical (unpaired) electrons. The number of sulfonamides is 1. The highest BCUT2D eigenvalue weighted by Gasteiger charge is 2.22. The number of aryl methyl sites for hydroxylation is 1. The molecule has 1 N–H and O–H groups in total. The van der Waals surface area contributed by atoms with Crippen molar-refractivity contribution in [2.45, 2.75) is 32.1 Å². The maximum Gasteiger partial charge on any atom is 0.243 e. The third-order valence-electron chi connectivity index (χ3n) is 4.23. The first kappa shape index (κ1) is 21.3. The van der Waals surface area contributed by atoms with E-state index in [1.165, 1.54) is 34.6 Å². The highest BCUT2D eigenvalue weighted by molar-refractivity contribution is 7.89. The molecule has 2 aromatic rings. The van der Waals surface area contributed by atoms with Gasteiger partial charge in [-0.3, -0.25) is 4.79 Å². The molecule has 0 aliphatic heterocycles. The van der Waals surface area contributed by atoms with Crippen LogP contribution >= 0.6 is 11.6 Å². The van der Waals surface area contributed by atoms with E-state index in [1.54, 1.807) is 26.8 Å². The number of amides is 1. The van der Waals surface area contributed by atoms with Crippen molar-refractivity contribution < 1.29 is 17.6 Å². The van der Waals surface area contributed by atoms with Crippen molar-refractivity contribution in [3.8, 4) is 0 Å². The van der Waals surface area contributed by atoms with Crippen LogP contribution in [-0.4, -0.2) is 31.7 Å². The largest absolute Gasteiger partial charge is 0.326 e. The van der Waals surface area contributed by atoms with Gasteiger partial charge in [0.1, 0.15) is 5.82 Å². The van der Waals surface area contributed by atoms with Gasteiger partial charge in [-0.2, -0.15) is 4.31 Å². The molecule has 5 nitrogen and oxygen atoms in total. The third-order valence-corrected chi connectivity index (χ3v) is 6.63. The number of hydrogen-bond acceptors (Lipinski definition) is 3. The quantitative estimate of drug-likeness (QED) is 0.747. The van der Waals surface area contributed by atoms with Crippen LogP contribution in [0.4, 0.5) is 10.1 Å². The summed E-state index contributed by atoms with van der Waals surface area (Å²) >= 11 is 5.95. The minimum atomic E-state index is -3.65. The van der Waals surface area contributed by atoms with E-state index in [0.717, 1.165) is 0 Å². The zero-order chi connectivity index (χ0) is 20.2. The van der Waals surface area contributed by atoms with Gasteiger partial charge in [-0.25, -0.2) is 12.8 Å². The van der Waals surface area contributed by atoms with Crippen molar-refractivity contribution in [3.63, 3.8) is 0 Å². The Bertz CT molecular complexity index is 924. The zero-order valence-electron chi connectivity index (χ0n) is 15.4. The maximum absolute atomic E-state index is 13.9. The Hall–Kier alpha value is -1.96. The first-order valence-electron chi connectivity index (χ1n) is 8.54. The van der Waals surface area contributed by atoms with Gasteiger partial charge in [0.05, 0.1) is 11.3 Å². The standard InChI is InChI=1S/C19H22ClFN2O3S/c1-4-23(5-2)27(25,26)14-10-9-13(3)18(11-14)22-19(24)12-15-16(20)7-6-8-17(15)21/h6-11H,4-5,12H2,1-3H3,(H,22,24). The minimum absolute atomic E-state index is 0.0935. The van der Waals surface area contributed by atoms with Crippen LogP contribution in [0.5, 0.6) is 0 Å². The van der Waals surface area contributed by atoms with Gasteiger partial charge in [0.15, 0.2) is 0 Å². The topological polar surface area (TPSA) is 66.5 Å². The molecule has 0 bridgehead atoms. The van der Waals surface area contributed by atoms with E-state index in [0.29, 0.717) is 24.3 Å². The molecule has 8 heteroatoms. The summed E-state index contributed by atoms with van der Waals surface area (Å²) in [4.78, 5) is 12.4. The summed E-state index contributed by atoms with van der Waals surface area (Å²) in [5.74, 6) is -1.05. The van der Waals surface area contributed by atoms with Gasteiger partial charge in [0.2, 0.25) is 15.9 Å². The first-order valence-corrected chi connectivity index (χ1v) is 10.4. The Morgan fingerprint density at radius 1 is 1.19 bits per heavy atom. The summed E-state index contributed by atoms with van der Waals surface area (Å²) in [6, 6.07) is 8.76. The molecule has 2 rings (SSSR count). The molecule has 0 unspecified atom stereocenters. The number of carbonyl (C=O) groups excluding carboxylic acids is 1. The summed E-state index contributed by atoms with van der Waals surface area (Å²) < 4.78 is 40.5. The Morgan fingerprint density at radius 2 is 1.85 bits per heavy atom. The smallest absolute Gasteiger partial charge is 0.243 e. The van der Waals surface area contributed by atoms with E-state index in [1.807, 2.05) is 0 Å². The Kier molecular flexibility index (Phi) is 6.97. The van der Waals surface area contributed by atoms with Crippen LogP contribution in [0.1, 0.15) is 25.0 Å². The molecule has 0 spiro atoms. The number of hydrogen-bond donors (Lipinski definition) is 1. The van der Waals surface area contributed by atoms with Crippen molar-refractivity contribution >= 4 is 33.2 Å². The highest BCUT2D eigenvalue weighted by Crippen LogP contribution is 2.24. The Balaban J connectivity index is 2.28. The van der Waals surface area contributed by atoms with Crippen LogP contribution in [0.15, 0.2) is 41.3 Å². The fourth-order valence-corrected chi connectivity index (χ4v) is 4.38. The average molecular weight is 413 g/mol.